The summed E-state index contributed by atoms with van der Waals surface area (Å²) in [6.45, 7) is 6.87. The molecule has 44 heavy (non-hydrogen) atoms. The summed E-state index contributed by atoms with van der Waals surface area (Å²) in [6.07, 6.45) is 2.56. The molecule has 0 aliphatic rings. The van der Waals surface area contributed by atoms with Crippen LogP contribution in [0.5, 0.6) is 0 Å². The molecule has 1 aromatic heterocycles. The lowest BCUT2D eigenvalue weighted by Gasteiger charge is -2.11. The first-order valence-corrected chi connectivity index (χ1v) is 16.9. The summed E-state index contributed by atoms with van der Waals surface area (Å²) in [6, 6.07) is 29.3. The molecule has 9 heteroatoms. The molecule has 224 valence electrons. The molecule has 4 aromatic carbocycles. The van der Waals surface area contributed by atoms with Gasteiger partial charge in [0.25, 0.3) is 0 Å². The normalized spacial score (nSPS) is 12.6. The van der Waals surface area contributed by atoms with E-state index in [0.29, 0.717) is 28.3 Å². The van der Waals surface area contributed by atoms with Gasteiger partial charge in [0.15, 0.2) is 5.78 Å². The molecule has 0 saturated carbocycles. The molecule has 5 rings (SSSR count). The van der Waals surface area contributed by atoms with Crippen LogP contribution in [0.3, 0.4) is 0 Å². The molecule has 1 heterocycles. The number of carbonyl (C=O) groups excluding carboxylic acids is 1. The number of hydrogen-bond donors (Lipinski definition) is 0. The van der Waals surface area contributed by atoms with Crippen LogP contribution in [0.2, 0.25) is 5.02 Å². The minimum Gasteiger partial charge on any atom is -0.341 e. The van der Waals surface area contributed by atoms with E-state index < -0.39 is 8.25 Å². The van der Waals surface area contributed by atoms with Crippen LogP contribution in [0.25, 0.3) is 27.4 Å². The Morgan fingerprint density at radius 1 is 0.909 bits per heavy atom. The highest BCUT2D eigenvalue weighted by Crippen LogP contribution is 2.34. The van der Waals surface area contributed by atoms with Crippen molar-refractivity contribution in [2.45, 2.75) is 38.6 Å². The van der Waals surface area contributed by atoms with Crippen molar-refractivity contribution in [3.63, 3.8) is 0 Å². The summed E-state index contributed by atoms with van der Waals surface area (Å²) in [5, 5.41) is 7.06. The van der Waals surface area contributed by atoms with Gasteiger partial charge in [0, 0.05) is 71.7 Å². The molecular weight excluding hydrogens is 611 g/mol. The summed E-state index contributed by atoms with van der Waals surface area (Å²) >= 11 is 7.73. The summed E-state index contributed by atoms with van der Waals surface area (Å²) in [5.41, 5.74) is 5.93. The second kappa shape index (κ2) is 14.8. The highest BCUT2D eigenvalue weighted by molar-refractivity contribution is 7.99. The molecule has 0 fully saturated rings. The van der Waals surface area contributed by atoms with Crippen molar-refractivity contribution >= 4 is 70.5 Å². The fraction of sp³-hybridized carbons (Fsp3) is 0.200. The lowest BCUT2D eigenvalue weighted by atomic mass is 9.96. The topological polar surface area (TPSA) is 69.9 Å². The highest BCUT2D eigenvalue weighted by Gasteiger charge is 2.22. The number of rotatable bonds is 13. The third-order valence-electron chi connectivity index (χ3n) is 7.26. The number of benzene rings is 4. The zero-order chi connectivity index (χ0) is 31.1. The van der Waals surface area contributed by atoms with Gasteiger partial charge in [-0.05, 0) is 86.1 Å². The van der Waals surface area contributed by atoms with Crippen LogP contribution in [0.15, 0.2) is 107 Å². The van der Waals surface area contributed by atoms with Gasteiger partial charge in [0.2, 0.25) is 0 Å². The number of ketones is 1. The second-order valence-electron chi connectivity index (χ2n) is 9.92. The first-order chi connectivity index (χ1) is 21.4. The first-order valence-electron chi connectivity index (χ1n) is 14.5. The van der Waals surface area contributed by atoms with Crippen molar-refractivity contribution in [2.75, 3.05) is 12.4 Å². The minimum atomic E-state index is -2.38. The molecule has 0 bridgehead atoms. The molecule has 0 radical (unpaired) electrons. The maximum atomic E-state index is 13.3. The van der Waals surface area contributed by atoms with E-state index >= 15 is 0 Å². The molecule has 1 atom stereocenters. The molecule has 0 N–H and O–H groups in total. The Morgan fingerprint density at radius 2 is 1.57 bits per heavy atom. The number of halogens is 1. The number of hydrogen-bond acceptors (Lipinski definition) is 6. The van der Waals surface area contributed by atoms with Crippen LogP contribution < -0.4 is 0 Å². The molecule has 5 aromatic rings. The minimum absolute atomic E-state index is 0.0108. The van der Waals surface area contributed by atoms with Crippen LogP contribution in [0.4, 0.5) is 0 Å². The molecule has 0 spiro atoms. The van der Waals surface area contributed by atoms with Crippen molar-refractivity contribution in [2.24, 2.45) is 5.16 Å². The Balaban J connectivity index is 1.52. The number of carbonyl (C=O) groups is 1. The Kier molecular flexibility index (Phi) is 10.7. The van der Waals surface area contributed by atoms with Crippen molar-refractivity contribution < 1.29 is 18.5 Å². The average molecular weight is 644 g/mol. The van der Waals surface area contributed by atoms with Gasteiger partial charge in [0.1, 0.15) is 6.61 Å². The van der Waals surface area contributed by atoms with E-state index in [1.54, 1.807) is 18.7 Å². The summed E-state index contributed by atoms with van der Waals surface area (Å²) < 4.78 is 24.8. The van der Waals surface area contributed by atoms with Gasteiger partial charge in [-0.2, -0.15) is 0 Å². The molecular formula is C35H33ClN2O4PS+. The number of fused-ring (bicyclic) bond motifs is 3. The smallest absolute Gasteiger partial charge is 0.341 e. The number of aromatic nitrogens is 1. The predicted molar refractivity (Wildman–Crippen MR) is 183 cm³/mol. The lowest BCUT2D eigenvalue weighted by molar-refractivity contribution is 0.103. The molecule has 0 amide bonds. The Hall–Kier alpha value is -3.74. The Morgan fingerprint density at radius 3 is 2.20 bits per heavy atom. The van der Waals surface area contributed by atoms with Crippen LogP contribution in [0, 0.1) is 0 Å². The maximum absolute atomic E-state index is 13.3. The van der Waals surface area contributed by atoms with E-state index in [-0.39, 0.29) is 12.4 Å². The molecule has 0 saturated heterocycles. The van der Waals surface area contributed by atoms with E-state index in [4.69, 9.17) is 20.7 Å². The number of allylic oxidation sites excluding steroid dienone is 2. The molecule has 0 aliphatic carbocycles. The van der Waals surface area contributed by atoms with Crippen molar-refractivity contribution in [1.82, 2.24) is 4.57 Å². The van der Waals surface area contributed by atoms with Crippen molar-refractivity contribution in [3.05, 3.63) is 119 Å². The summed E-state index contributed by atoms with van der Waals surface area (Å²) in [5.74, 6) is 0.706. The summed E-state index contributed by atoms with van der Waals surface area (Å²) in [7, 11) is -2.38. The number of aryl methyl sites for hydroxylation is 1. The Labute approximate surface area is 267 Å². The van der Waals surface area contributed by atoms with E-state index in [2.05, 4.69) is 34.8 Å². The quantitative estimate of drug-likeness (QED) is 0.0420. The fourth-order valence-corrected chi connectivity index (χ4v) is 6.66. The van der Waals surface area contributed by atoms with E-state index in [9.17, 15) is 9.36 Å². The number of oxime groups is 1. The van der Waals surface area contributed by atoms with Crippen LogP contribution in [0.1, 0.15) is 48.7 Å². The Bertz CT molecular complexity index is 1870. The maximum Gasteiger partial charge on any atom is 0.772 e. The predicted octanol–water partition coefficient (Wildman–Crippen LogP) is 10.4. The van der Waals surface area contributed by atoms with Gasteiger partial charge in [-0.25, -0.2) is 0 Å². The number of nitrogens with zero attached hydrogens (tertiary/aromatic N) is 2. The number of thioether (sulfide) groups is 1. The highest BCUT2D eigenvalue weighted by atomic mass is 35.5. The van der Waals surface area contributed by atoms with E-state index in [1.165, 1.54) is 0 Å². The van der Waals surface area contributed by atoms with Gasteiger partial charge in [-0.3, -0.25) is 4.79 Å². The fourth-order valence-electron chi connectivity index (χ4n) is 5.25. The van der Waals surface area contributed by atoms with Gasteiger partial charge < -0.3 is 4.57 Å². The van der Waals surface area contributed by atoms with Gasteiger partial charge in [-0.15, -0.1) is 20.9 Å². The molecule has 0 aliphatic heterocycles. The van der Waals surface area contributed by atoms with Crippen LogP contribution >= 0.6 is 31.6 Å². The second-order valence-corrected chi connectivity index (χ2v) is 12.4. The van der Waals surface area contributed by atoms with Crippen molar-refractivity contribution in [1.29, 1.82) is 0 Å². The lowest BCUT2D eigenvalue weighted by Crippen LogP contribution is -2.05. The van der Waals surface area contributed by atoms with Crippen molar-refractivity contribution in [3.8, 4) is 0 Å². The SMILES string of the molecule is CC=C(/C(CCSc1ccc(Cl)cc1)=N/O[P+](=O)OCC)c1ccc2c(c1)c1cc(C(=O)c3ccccc3)ccc1n2CC. The van der Waals surface area contributed by atoms with Gasteiger partial charge in [-0.1, -0.05) is 54.1 Å². The zero-order valence-electron chi connectivity index (χ0n) is 24.8. The van der Waals surface area contributed by atoms with E-state index in [0.717, 1.165) is 50.1 Å². The summed E-state index contributed by atoms with van der Waals surface area (Å²) in [4.78, 5) is 14.4. The van der Waals surface area contributed by atoms with Crippen LogP contribution in [-0.2, 0) is 20.3 Å². The molecule has 1 unspecified atom stereocenters. The van der Waals surface area contributed by atoms with Gasteiger partial charge >= 0.3 is 8.25 Å². The average Bonchev–Trinajstić information content (AvgIpc) is 3.37. The third kappa shape index (κ3) is 7.14. The van der Waals surface area contributed by atoms with Gasteiger partial charge in [0.05, 0.1) is 5.71 Å². The zero-order valence-corrected chi connectivity index (χ0v) is 27.3. The standard InChI is InChI=1S/C35H33ClN2O4PS/c1-4-29(32(37-42-43(40)41-6-3)20-21-44-28-16-14-27(36)15-17-28)25-12-18-33-30(22-25)31-23-26(13-19-34(31)38(33)5-2)35(39)24-10-8-7-9-11-24/h4,7-19,22-23H,5-6,20-21H2,1-3H3/q+1/b29-4?,37-32+. The third-order valence-corrected chi connectivity index (χ3v) is 9.21. The monoisotopic (exact) mass is 643 g/mol. The largest absolute Gasteiger partial charge is 0.772 e. The van der Waals surface area contributed by atoms with E-state index in [1.807, 2.05) is 85.8 Å². The first kappa shape index (κ1) is 31.7. The molecule has 6 nitrogen and oxygen atoms in total. The van der Waals surface area contributed by atoms with Crippen LogP contribution in [-0.4, -0.2) is 28.4 Å².